The quantitative estimate of drug-likeness (QED) is 0.727. The molecule has 20 heavy (non-hydrogen) atoms. The molecule has 0 aliphatic heterocycles. The first-order valence-corrected chi connectivity index (χ1v) is 7.30. The molecule has 1 atom stereocenters. The molecule has 0 saturated carbocycles. The van der Waals surface area contributed by atoms with Crippen molar-refractivity contribution in [3.05, 3.63) is 29.8 Å². The lowest BCUT2D eigenvalue weighted by molar-refractivity contribution is 0.294. The van der Waals surface area contributed by atoms with E-state index in [0.29, 0.717) is 12.6 Å². The predicted octanol–water partition coefficient (Wildman–Crippen LogP) is 4.07. The molecule has 0 aliphatic carbocycles. The lowest BCUT2D eigenvalue weighted by atomic mass is 9.89. The number of hydrogen-bond acceptors (Lipinski definition) is 3. The van der Waals surface area contributed by atoms with Gasteiger partial charge in [0.2, 0.25) is 0 Å². The van der Waals surface area contributed by atoms with Crippen LogP contribution in [0.15, 0.2) is 24.3 Å². The Balaban J connectivity index is 2.34. The maximum atomic E-state index is 8.95. The van der Waals surface area contributed by atoms with Gasteiger partial charge in [-0.1, -0.05) is 12.1 Å². The Bertz CT molecular complexity index is 449. The Morgan fingerprint density at radius 3 is 2.75 bits per heavy atom. The van der Waals surface area contributed by atoms with Crippen molar-refractivity contribution in [3.8, 4) is 11.8 Å². The fraction of sp³-hybridized carbons (Fsp3) is 0.588. The van der Waals surface area contributed by atoms with Gasteiger partial charge < -0.3 is 10.1 Å². The van der Waals surface area contributed by atoms with Crippen LogP contribution in [0.3, 0.4) is 0 Å². The lowest BCUT2D eigenvalue weighted by Gasteiger charge is -2.15. The van der Waals surface area contributed by atoms with Crippen LogP contribution >= 0.6 is 0 Å². The van der Waals surface area contributed by atoms with Crippen molar-refractivity contribution in [2.45, 2.75) is 46.1 Å². The summed E-state index contributed by atoms with van der Waals surface area (Å²) in [7, 11) is 1.95. The molecule has 0 heterocycles. The summed E-state index contributed by atoms with van der Waals surface area (Å²) in [5, 5.41) is 12.2. The predicted molar refractivity (Wildman–Crippen MR) is 82.7 cm³/mol. The smallest absolute Gasteiger partial charge is 0.119 e. The number of ether oxygens (including phenoxy) is 1. The van der Waals surface area contributed by atoms with Crippen LogP contribution in [0.25, 0.3) is 0 Å². The third-order valence-electron chi connectivity index (χ3n) is 3.56. The Morgan fingerprint density at radius 1 is 1.35 bits per heavy atom. The second kappa shape index (κ2) is 7.91. The lowest BCUT2D eigenvalue weighted by Crippen LogP contribution is -2.12. The first-order chi connectivity index (χ1) is 9.48. The molecule has 3 nitrogen and oxygen atoms in total. The van der Waals surface area contributed by atoms with Crippen LogP contribution in [0.1, 0.15) is 51.6 Å². The zero-order valence-corrected chi connectivity index (χ0v) is 13.1. The summed E-state index contributed by atoms with van der Waals surface area (Å²) in [6.07, 6.45) is 2.92. The molecule has 1 N–H and O–H groups in total. The number of nitrogens with zero attached hydrogens (tertiary/aromatic N) is 1. The molecule has 0 amide bonds. The molecule has 1 unspecified atom stereocenters. The zero-order chi connectivity index (χ0) is 15.0. The van der Waals surface area contributed by atoms with Gasteiger partial charge in [0.1, 0.15) is 5.75 Å². The minimum atomic E-state index is -0.220. The van der Waals surface area contributed by atoms with Gasteiger partial charge in [-0.05, 0) is 64.8 Å². The van der Waals surface area contributed by atoms with Crippen LogP contribution in [0, 0.1) is 16.7 Å². The molecule has 0 fully saturated rings. The van der Waals surface area contributed by atoms with E-state index in [4.69, 9.17) is 10.00 Å². The Labute approximate surface area is 123 Å². The highest BCUT2D eigenvalue weighted by Crippen LogP contribution is 2.22. The van der Waals surface area contributed by atoms with Crippen LogP contribution in [-0.2, 0) is 0 Å². The third kappa shape index (κ3) is 5.63. The molecule has 1 aromatic rings. The second-order valence-electron chi connectivity index (χ2n) is 5.88. The minimum Gasteiger partial charge on any atom is -0.494 e. The summed E-state index contributed by atoms with van der Waals surface area (Å²) in [6, 6.07) is 10.9. The van der Waals surface area contributed by atoms with Gasteiger partial charge in [0.15, 0.2) is 0 Å². The van der Waals surface area contributed by atoms with E-state index in [1.807, 2.05) is 33.0 Å². The van der Waals surface area contributed by atoms with E-state index in [9.17, 15) is 0 Å². The van der Waals surface area contributed by atoms with Gasteiger partial charge in [0, 0.05) is 6.04 Å². The average Bonchev–Trinajstić information content (AvgIpc) is 2.46. The number of nitriles is 1. The zero-order valence-electron chi connectivity index (χ0n) is 13.1. The largest absolute Gasteiger partial charge is 0.494 e. The Kier molecular flexibility index (Phi) is 6.54. The van der Waals surface area contributed by atoms with Gasteiger partial charge in [0.05, 0.1) is 18.1 Å². The summed E-state index contributed by atoms with van der Waals surface area (Å²) < 4.78 is 5.78. The maximum Gasteiger partial charge on any atom is 0.119 e. The summed E-state index contributed by atoms with van der Waals surface area (Å²) >= 11 is 0. The summed E-state index contributed by atoms with van der Waals surface area (Å²) in [5.41, 5.74) is 1.01. The Hall–Kier alpha value is -1.53. The maximum absolute atomic E-state index is 8.95. The molecule has 0 saturated heterocycles. The van der Waals surface area contributed by atoms with E-state index >= 15 is 0 Å². The summed E-state index contributed by atoms with van der Waals surface area (Å²) in [5.74, 6) is 0.921. The van der Waals surface area contributed by atoms with Crippen molar-refractivity contribution in [1.82, 2.24) is 5.32 Å². The highest BCUT2D eigenvalue weighted by molar-refractivity contribution is 5.30. The van der Waals surface area contributed by atoms with E-state index in [1.165, 1.54) is 5.56 Å². The van der Waals surface area contributed by atoms with Crippen molar-refractivity contribution in [2.24, 2.45) is 5.41 Å². The van der Waals surface area contributed by atoms with E-state index < -0.39 is 0 Å². The van der Waals surface area contributed by atoms with Gasteiger partial charge in [0.25, 0.3) is 0 Å². The monoisotopic (exact) mass is 274 g/mol. The van der Waals surface area contributed by atoms with Crippen molar-refractivity contribution >= 4 is 0 Å². The standard InChI is InChI=1S/C17H26N2O/c1-14(19-4)15-8-7-9-16(12-15)20-11-6-5-10-17(2,3)13-18/h7-9,12,14,19H,5-6,10-11H2,1-4H3. The van der Waals surface area contributed by atoms with Gasteiger partial charge in [-0.25, -0.2) is 0 Å². The molecule has 1 rings (SSSR count). The molecular formula is C17H26N2O. The van der Waals surface area contributed by atoms with Crippen molar-refractivity contribution in [1.29, 1.82) is 5.26 Å². The van der Waals surface area contributed by atoms with Gasteiger partial charge in [-0.2, -0.15) is 5.26 Å². The van der Waals surface area contributed by atoms with Crippen LogP contribution < -0.4 is 10.1 Å². The summed E-state index contributed by atoms with van der Waals surface area (Å²) in [6.45, 7) is 6.80. The number of benzene rings is 1. The molecule has 110 valence electrons. The highest BCUT2D eigenvalue weighted by Gasteiger charge is 2.15. The van der Waals surface area contributed by atoms with Crippen molar-refractivity contribution in [2.75, 3.05) is 13.7 Å². The molecular weight excluding hydrogens is 248 g/mol. The molecule has 3 heteroatoms. The second-order valence-corrected chi connectivity index (χ2v) is 5.88. The van der Waals surface area contributed by atoms with Crippen molar-refractivity contribution in [3.63, 3.8) is 0 Å². The molecule has 0 radical (unpaired) electrons. The van der Waals surface area contributed by atoms with E-state index in [-0.39, 0.29) is 5.41 Å². The van der Waals surface area contributed by atoms with Gasteiger partial charge in [-0.3, -0.25) is 0 Å². The van der Waals surface area contributed by atoms with Crippen LogP contribution in [-0.4, -0.2) is 13.7 Å². The van der Waals surface area contributed by atoms with Gasteiger partial charge >= 0.3 is 0 Å². The number of hydrogen-bond donors (Lipinski definition) is 1. The number of unbranched alkanes of at least 4 members (excludes halogenated alkanes) is 1. The van der Waals surface area contributed by atoms with Gasteiger partial charge in [-0.15, -0.1) is 0 Å². The number of rotatable bonds is 8. The minimum absolute atomic E-state index is 0.220. The first-order valence-electron chi connectivity index (χ1n) is 7.30. The normalized spacial score (nSPS) is 12.8. The third-order valence-corrected chi connectivity index (χ3v) is 3.56. The van der Waals surface area contributed by atoms with Crippen molar-refractivity contribution < 1.29 is 4.74 Å². The van der Waals surface area contributed by atoms with Crippen LogP contribution in [0.4, 0.5) is 0 Å². The topological polar surface area (TPSA) is 45.0 Å². The van der Waals surface area contributed by atoms with E-state index in [0.717, 1.165) is 25.0 Å². The summed E-state index contributed by atoms with van der Waals surface area (Å²) in [4.78, 5) is 0. The first kappa shape index (κ1) is 16.5. The van der Waals surface area contributed by atoms with E-state index in [1.54, 1.807) is 0 Å². The van der Waals surface area contributed by atoms with Crippen LogP contribution in [0.5, 0.6) is 5.75 Å². The molecule has 0 aromatic heterocycles. The molecule has 0 spiro atoms. The fourth-order valence-corrected chi connectivity index (χ4v) is 1.96. The SMILES string of the molecule is CNC(C)c1cccc(OCCCCC(C)(C)C#N)c1. The molecule has 0 aliphatic rings. The molecule has 1 aromatic carbocycles. The molecule has 0 bridgehead atoms. The average molecular weight is 274 g/mol. The number of nitrogens with one attached hydrogen (secondary N) is 1. The highest BCUT2D eigenvalue weighted by atomic mass is 16.5. The van der Waals surface area contributed by atoms with Crippen LogP contribution in [0.2, 0.25) is 0 Å². The Morgan fingerprint density at radius 2 is 2.10 bits per heavy atom. The fourth-order valence-electron chi connectivity index (χ4n) is 1.96. The van der Waals surface area contributed by atoms with E-state index in [2.05, 4.69) is 30.4 Å².